The maximum absolute atomic E-state index is 12.2. The van der Waals surface area contributed by atoms with Crippen LogP contribution < -0.4 is 15.5 Å². The number of para-hydroxylation sites is 1. The number of nitrogens with zero attached hydrogens (tertiary/aromatic N) is 1. The highest BCUT2D eigenvalue weighted by Gasteiger charge is 2.17. The summed E-state index contributed by atoms with van der Waals surface area (Å²) in [6, 6.07) is 15.0. The zero-order chi connectivity index (χ0) is 22.4. The van der Waals surface area contributed by atoms with Crippen molar-refractivity contribution in [1.82, 2.24) is 5.43 Å². The predicted octanol–water partition coefficient (Wildman–Crippen LogP) is 4.05. The molecule has 0 unspecified atom stereocenters. The molecule has 2 N–H and O–H groups in total. The van der Waals surface area contributed by atoms with Crippen molar-refractivity contribution in [3.05, 3.63) is 82.2 Å². The van der Waals surface area contributed by atoms with Gasteiger partial charge in [-0.25, -0.2) is 10.2 Å². The van der Waals surface area contributed by atoms with Crippen LogP contribution in [0.4, 0.5) is 5.69 Å². The van der Waals surface area contributed by atoms with Gasteiger partial charge in [-0.3, -0.25) is 9.59 Å². The van der Waals surface area contributed by atoms with Crippen LogP contribution in [-0.4, -0.2) is 23.5 Å². The fourth-order valence-electron chi connectivity index (χ4n) is 2.59. The Bertz CT molecular complexity index is 1160. The minimum absolute atomic E-state index is 0.0533. The second-order valence-electron chi connectivity index (χ2n) is 6.41. The van der Waals surface area contributed by atoms with E-state index in [0.29, 0.717) is 17.0 Å². The molecule has 3 aromatic rings. The molecule has 2 amide bonds. The average Bonchev–Trinajstić information content (AvgIpc) is 3.29. The summed E-state index contributed by atoms with van der Waals surface area (Å²) in [6.07, 6.45) is 1.37. The number of amides is 2. The SMILES string of the molecule is C/C(=N\NC(=O)C(=O)Nc1ccc(Br)cc1C)c1ccccc1OC(=O)c1ccco1. The van der Waals surface area contributed by atoms with Crippen LogP contribution in [0.3, 0.4) is 0 Å². The number of rotatable bonds is 5. The lowest BCUT2D eigenvalue weighted by Gasteiger charge is -2.10. The normalized spacial score (nSPS) is 11.0. The molecular weight excluding hydrogens is 466 g/mol. The van der Waals surface area contributed by atoms with Gasteiger partial charge in [-0.2, -0.15) is 5.10 Å². The quantitative estimate of drug-likeness (QED) is 0.187. The van der Waals surface area contributed by atoms with Crippen molar-refractivity contribution >= 4 is 45.1 Å². The lowest BCUT2D eigenvalue weighted by molar-refractivity contribution is -0.136. The Kier molecular flexibility index (Phi) is 6.99. The largest absolute Gasteiger partial charge is 0.457 e. The molecule has 3 rings (SSSR count). The highest BCUT2D eigenvalue weighted by Crippen LogP contribution is 2.21. The third-order valence-corrected chi connectivity index (χ3v) is 4.66. The van der Waals surface area contributed by atoms with Crippen molar-refractivity contribution in [2.75, 3.05) is 5.32 Å². The Morgan fingerprint density at radius 2 is 1.81 bits per heavy atom. The summed E-state index contributed by atoms with van der Waals surface area (Å²) in [5, 5.41) is 6.49. The summed E-state index contributed by atoms with van der Waals surface area (Å²) in [5.74, 6) is -2.18. The molecule has 9 heteroatoms. The van der Waals surface area contributed by atoms with E-state index in [4.69, 9.17) is 9.15 Å². The summed E-state index contributed by atoms with van der Waals surface area (Å²) in [4.78, 5) is 36.4. The number of nitrogens with one attached hydrogen (secondary N) is 2. The standard InChI is InChI=1S/C22H18BrN3O5/c1-13-12-15(23)9-10-17(13)24-20(27)21(28)26-25-14(2)16-6-3-4-7-18(16)31-22(29)19-8-5-11-30-19/h3-12H,1-2H3,(H,24,27)(H,26,28)/b25-14+. The Hall–Kier alpha value is -3.72. The fraction of sp³-hybridized carbons (Fsp3) is 0.0909. The number of benzene rings is 2. The molecule has 0 aliphatic carbocycles. The Labute approximate surface area is 186 Å². The van der Waals surface area contributed by atoms with Crippen LogP contribution in [0.15, 0.2) is 74.9 Å². The van der Waals surface area contributed by atoms with Crippen molar-refractivity contribution in [2.24, 2.45) is 5.10 Å². The van der Waals surface area contributed by atoms with Gasteiger partial charge in [-0.05, 0) is 61.9 Å². The number of halogens is 1. The Morgan fingerprint density at radius 3 is 2.52 bits per heavy atom. The number of furan rings is 1. The number of carbonyl (C=O) groups is 3. The van der Waals surface area contributed by atoms with Crippen LogP contribution in [0.5, 0.6) is 5.75 Å². The van der Waals surface area contributed by atoms with E-state index in [0.717, 1.165) is 10.0 Å². The fourth-order valence-corrected chi connectivity index (χ4v) is 3.07. The molecule has 0 saturated heterocycles. The van der Waals surface area contributed by atoms with Crippen LogP contribution >= 0.6 is 15.9 Å². The molecule has 2 aromatic carbocycles. The number of anilines is 1. The number of ether oxygens (including phenoxy) is 1. The Balaban J connectivity index is 1.68. The van der Waals surface area contributed by atoms with Crippen LogP contribution in [-0.2, 0) is 9.59 Å². The monoisotopic (exact) mass is 483 g/mol. The molecule has 158 valence electrons. The smallest absolute Gasteiger partial charge is 0.379 e. The molecule has 31 heavy (non-hydrogen) atoms. The lowest BCUT2D eigenvalue weighted by atomic mass is 10.1. The second-order valence-corrected chi connectivity index (χ2v) is 7.33. The number of hydrazone groups is 1. The van der Waals surface area contributed by atoms with Crippen LogP contribution in [0, 0.1) is 6.92 Å². The first-order chi connectivity index (χ1) is 14.8. The molecule has 1 heterocycles. The van der Waals surface area contributed by atoms with Crippen LogP contribution in [0.2, 0.25) is 0 Å². The van der Waals surface area contributed by atoms with E-state index in [1.807, 2.05) is 13.0 Å². The van der Waals surface area contributed by atoms with E-state index in [9.17, 15) is 14.4 Å². The van der Waals surface area contributed by atoms with Gasteiger partial charge < -0.3 is 14.5 Å². The van der Waals surface area contributed by atoms with Gasteiger partial charge in [0.15, 0.2) is 0 Å². The molecular formula is C22H18BrN3O5. The zero-order valence-corrected chi connectivity index (χ0v) is 18.2. The summed E-state index contributed by atoms with van der Waals surface area (Å²) in [5.41, 5.74) is 4.32. The molecule has 1 aromatic heterocycles. The number of carbonyl (C=O) groups excluding carboxylic acids is 3. The summed E-state index contributed by atoms with van der Waals surface area (Å²) >= 11 is 3.34. The van der Waals surface area contributed by atoms with Gasteiger partial charge in [0, 0.05) is 15.7 Å². The van der Waals surface area contributed by atoms with Crippen molar-refractivity contribution in [2.45, 2.75) is 13.8 Å². The number of esters is 1. The van der Waals surface area contributed by atoms with Crippen molar-refractivity contribution < 1.29 is 23.5 Å². The van der Waals surface area contributed by atoms with Gasteiger partial charge in [0.2, 0.25) is 5.76 Å². The molecule has 0 spiro atoms. The van der Waals surface area contributed by atoms with Gasteiger partial charge >= 0.3 is 17.8 Å². The third-order valence-electron chi connectivity index (χ3n) is 4.17. The van der Waals surface area contributed by atoms with Crippen molar-refractivity contribution in [1.29, 1.82) is 0 Å². The van der Waals surface area contributed by atoms with Gasteiger partial charge in [0.25, 0.3) is 0 Å². The highest BCUT2D eigenvalue weighted by molar-refractivity contribution is 9.10. The van der Waals surface area contributed by atoms with Gasteiger partial charge in [-0.1, -0.05) is 28.1 Å². The van der Waals surface area contributed by atoms with Crippen molar-refractivity contribution in [3.8, 4) is 5.75 Å². The molecule has 0 atom stereocenters. The minimum atomic E-state index is -0.938. The summed E-state index contributed by atoms with van der Waals surface area (Å²) < 4.78 is 11.2. The first-order valence-electron chi connectivity index (χ1n) is 9.12. The van der Waals surface area contributed by atoms with Crippen molar-refractivity contribution in [3.63, 3.8) is 0 Å². The highest BCUT2D eigenvalue weighted by atomic mass is 79.9. The summed E-state index contributed by atoms with van der Waals surface area (Å²) in [6.45, 7) is 3.41. The first-order valence-corrected chi connectivity index (χ1v) is 9.91. The maximum Gasteiger partial charge on any atom is 0.379 e. The second kappa shape index (κ2) is 9.86. The minimum Gasteiger partial charge on any atom is -0.457 e. The first kappa shape index (κ1) is 22.0. The number of aryl methyl sites for hydroxylation is 1. The van der Waals surface area contributed by atoms with Crippen LogP contribution in [0.1, 0.15) is 28.6 Å². The topological polar surface area (TPSA) is 110 Å². The van der Waals surface area contributed by atoms with Gasteiger partial charge in [-0.15, -0.1) is 0 Å². The lowest BCUT2D eigenvalue weighted by Crippen LogP contribution is -2.33. The number of hydrogen-bond donors (Lipinski definition) is 2. The third kappa shape index (κ3) is 5.67. The van der Waals surface area contributed by atoms with E-state index in [2.05, 4.69) is 31.8 Å². The number of hydrogen-bond acceptors (Lipinski definition) is 6. The zero-order valence-electron chi connectivity index (χ0n) is 16.6. The Morgan fingerprint density at radius 1 is 1.03 bits per heavy atom. The van der Waals surface area contributed by atoms with E-state index in [-0.39, 0.29) is 11.5 Å². The summed E-state index contributed by atoms with van der Waals surface area (Å²) in [7, 11) is 0. The molecule has 0 bridgehead atoms. The van der Waals surface area contributed by atoms with E-state index in [1.54, 1.807) is 49.4 Å². The van der Waals surface area contributed by atoms with Gasteiger partial charge in [0.05, 0.1) is 12.0 Å². The van der Waals surface area contributed by atoms with Gasteiger partial charge in [0.1, 0.15) is 5.75 Å². The predicted molar refractivity (Wildman–Crippen MR) is 118 cm³/mol. The molecule has 8 nitrogen and oxygen atoms in total. The molecule has 0 fully saturated rings. The molecule has 0 radical (unpaired) electrons. The molecule has 0 aliphatic rings. The van der Waals surface area contributed by atoms with Crippen LogP contribution in [0.25, 0.3) is 0 Å². The van der Waals surface area contributed by atoms with E-state index < -0.39 is 17.8 Å². The molecule has 0 saturated carbocycles. The van der Waals surface area contributed by atoms with E-state index in [1.165, 1.54) is 12.3 Å². The average molecular weight is 484 g/mol. The van der Waals surface area contributed by atoms with E-state index >= 15 is 0 Å². The molecule has 0 aliphatic heterocycles. The maximum atomic E-state index is 12.2.